The van der Waals surface area contributed by atoms with Crippen LogP contribution in [0.5, 0.6) is 5.75 Å². The van der Waals surface area contributed by atoms with Gasteiger partial charge in [-0.2, -0.15) is 0 Å². The van der Waals surface area contributed by atoms with Crippen molar-refractivity contribution >= 4 is 28.0 Å². The molecule has 0 aromatic heterocycles. The maximum absolute atomic E-state index is 12.0. The second-order valence-corrected chi connectivity index (χ2v) is 21.5. The van der Waals surface area contributed by atoms with Gasteiger partial charge in [0.05, 0.1) is 16.5 Å². The molecular weight excluding hydrogens is 480 g/mol. The predicted molar refractivity (Wildman–Crippen MR) is 145 cm³/mol. The van der Waals surface area contributed by atoms with E-state index in [1.807, 2.05) is 0 Å². The lowest BCUT2D eigenvalue weighted by Gasteiger charge is -2.36. The highest BCUT2D eigenvalue weighted by atomic mass is 28.4. The van der Waals surface area contributed by atoms with Crippen molar-refractivity contribution in [2.75, 3.05) is 0 Å². The van der Waals surface area contributed by atoms with Crippen molar-refractivity contribution in [2.45, 2.75) is 84.4 Å². The van der Waals surface area contributed by atoms with Crippen LogP contribution in [0.3, 0.4) is 0 Å². The number of nitrogens with zero attached hydrogens (tertiary/aromatic N) is 2. The fourth-order valence-electron chi connectivity index (χ4n) is 2.95. The molecular formula is C25H38N2O6Si2. The van der Waals surface area contributed by atoms with Gasteiger partial charge in [0.1, 0.15) is 11.3 Å². The van der Waals surface area contributed by atoms with Crippen molar-refractivity contribution < 1.29 is 18.7 Å². The number of hydrogen-bond acceptors (Lipinski definition) is 6. The van der Waals surface area contributed by atoms with Crippen LogP contribution in [0.25, 0.3) is 11.1 Å². The molecule has 0 aliphatic heterocycles. The number of hydrogen-bond donors (Lipinski definition) is 0. The second kappa shape index (κ2) is 9.83. The lowest BCUT2D eigenvalue weighted by atomic mass is 9.99. The Balaban J connectivity index is 2.51. The average molecular weight is 519 g/mol. The Bertz CT molecular complexity index is 1070. The monoisotopic (exact) mass is 518 g/mol. The Morgan fingerprint density at radius 2 is 1.20 bits per heavy atom. The first-order chi connectivity index (χ1) is 15.8. The molecule has 10 heteroatoms. The fraction of sp³-hybridized carbons (Fsp3) is 0.520. The largest absolute Gasteiger partial charge is 0.544 e. The molecule has 0 bridgehead atoms. The minimum atomic E-state index is -2.14. The van der Waals surface area contributed by atoms with Crippen LogP contribution in [0.15, 0.2) is 36.4 Å². The molecule has 0 N–H and O–H groups in total. The molecule has 0 aliphatic rings. The molecule has 35 heavy (non-hydrogen) atoms. The summed E-state index contributed by atoms with van der Waals surface area (Å²) in [4.78, 5) is 22.8. The molecule has 2 rings (SSSR count). The first-order valence-corrected chi connectivity index (χ1v) is 17.5. The summed E-state index contributed by atoms with van der Waals surface area (Å²) in [5.74, 6) is 0.644. The van der Waals surface area contributed by atoms with Crippen LogP contribution in [0, 0.1) is 20.2 Å². The van der Waals surface area contributed by atoms with E-state index in [4.69, 9.17) is 8.85 Å². The summed E-state index contributed by atoms with van der Waals surface area (Å²) in [7, 11) is -4.22. The highest BCUT2D eigenvalue weighted by Gasteiger charge is 2.39. The van der Waals surface area contributed by atoms with Crippen molar-refractivity contribution in [3.8, 4) is 16.9 Å². The topological polar surface area (TPSA) is 105 Å². The van der Waals surface area contributed by atoms with Crippen LogP contribution in [-0.2, 0) is 11.0 Å². The van der Waals surface area contributed by atoms with Crippen molar-refractivity contribution in [1.82, 2.24) is 0 Å². The van der Waals surface area contributed by atoms with Gasteiger partial charge in [0.15, 0.2) is 8.32 Å². The maximum atomic E-state index is 12.0. The summed E-state index contributed by atoms with van der Waals surface area (Å²) in [6.07, 6.45) is 0. The van der Waals surface area contributed by atoms with E-state index in [9.17, 15) is 20.2 Å². The van der Waals surface area contributed by atoms with Crippen molar-refractivity contribution in [1.29, 1.82) is 0 Å². The van der Waals surface area contributed by atoms with E-state index in [0.717, 1.165) is 0 Å². The van der Waals surface area contributed by atoms with Crippen LogP contribution in [-0.4, -0.2) is 26.5 Å². The zero-order chi connectivity index (χ0) is 27.0. The molecule has 0 heterocycles. The quantitative estimate of drug-likeness (QED) is 0.199. The standard InChI is InChI=1S/C25H38N2O6Si2/c1-24(2,3)34(7,8)32-17-18-15-21(26(28)29)23(22(16-18)27(30)31)19-11-13-20(14-12-19)33-35(9,10)25(4,5)6/h11-16H,17H2,1-10H3. The molecule has 0 radical (unpaired) electrons. The summed E-state index contributed by atoms with van der Waals surface area (Å²) in [5, 5.41) is 23.9. The Hall–Kier alpha value is -2.57. The highest BCUT2D eigenvalue weighted by Crippen LogP contribution is 2.42. The maximum Gasteiger partial charge on any atom is 0.284 e. The van der Waals surface area contributed by atoms with Gasteiger partial charge in [-0.25, -0.2) is 0 Å². The van der Waals surface area contributed by atoms with E-state index in [0.29, 0.717) is 16.9 Å². The minimum absolute atomic E-state index is 0.00551. The molecule has 0 unspecified atom stereocenters. The molecule has 0 atom stereocenters. The Morgan fingerprint density at radius 1 is 0.771 bits per heavy atom. The average Bonchev–Trinajstić information content (AvgIpc) is 2.70. The van der Waals surface area contributed by atoms with E-state index in [2.05, 4.69) is 67.7 Å². The number of rotatable bonds is 8. The second-order valence-electron chi connectivity index (χ2n) is 12.0. The van der Waals surface area contributed by atoms with Gasteiger partial charge in [0.25, 0.3) is 11.4 Å². The van der Waals surface area contributed by atoms with Crippen LogP contribution >= 0.6 is 0 Å². The van der Waals surface area contributed by atoms with Crippen LogP contribution in [0.4, 0.5) is 11.4 Å². The summed E-state index contributed by atoms with van der Waals surface area (Å²) < 4.78 is 12.4. The van der Waals surface area contributed by atoms with Gasteiger partial charge in [-0.3, -0.25) is 20.2 Å². The van der Waals surface area contributed by atoms with Crippen molar-refractivity contribution in [3.63, 3.8) is 0 Å². The molecule has 192 valence electrons. The van der Waals surface area contributed by atoms with Crippen molar-refractivity contribution in [2.24, 2.45) is 0 Å². The van der Waals surface area contributed by atoms with Gasteiger partial charge in [-0.15, -0.1) is 0 Å². The molecule has 0 saturated heterocycles. The summed E-state index contributed by atoms with van der Waals surface area (Å²) in [6.45, 7) is 21.1. The number of nitro groups is 2. The first-order valence-electron chi connectivity index (χ1n) is 11.7. The van der Waals surface area contributed by atoms with E-state index < -0.39 is 26.5 Å². The van der Waals surface area contributed by atoms with Gasteiger partial charge in [-0.1, -0.05) is 53.7 Å². The van der Waals surface area contributed by atoms with Crippen LogP contribution in [0.2, 0.25) is 36.3 Å². The predicted octanol–water partition coefficient (Wildman–Crippen LogP) is 8.08. The van der Waals surface area contributed by atoms with Crippen molar-refractivity contribution in [3.05, 3.63) is 62.2 Å². The zero-order valence-electron chi connectivity index (χ0n) is 22.5. The van der Waals surface area contributed by atoms with E-state index in [1.54, 1.807) is 24.3 Å². The zero-order valence-corrected chi connectivity index (χ0v) is 24.5. The lowest BCUT2D eigenvalue weighted by Crippen LogP contribution is -2.43. The summed E-state index contributed by atoms with van der Waals surface area (Å²) >= 11 is 0. The Labute approximate surface area is 210 Å². The number of nitro benzene ring substituents is 2. The first kappa shape index (κ1) is 28.7. The van der Waals surface area contributed by atoms with Gasteiger partial charge in [0.2, 0.25) is 8.32 Å². The van der Waals surface area contributed by atoms with Gasteiger partial charge in [0, 0.05) is 12.1 Å². The molecule has 0 aliphatic carbocycles. The third kappa shape index (κ3) is 6.56. The summed E-state index contributed by atoms with van der Waals surface area (Å²) in [6, 6.07) is 9.49. The van der Waals surface area contributed by atoms with E-state index >= 15 is 0 Å². The van der Waals surface area contributed by atoms with E-state index in [1.165, 1.54) is 12.1 Å². The third-order valence-corrected chi connectivity index (χ3v) is 16.1. The van der Waals surface area contributed by atoms with Gasteiger partial charge >= 0.3 is 0 Å². The van der Waals surface area contributed by atoms with Gasteiger partial charge in [-0.05, 0) is 59.5 Å². The van der Waals surface area contributed by atoms with Gasteiger partial charge < -0.3 is 8.85 Å². The third-order valence-electron chi connectivity index (χ3n) is 7.28. The molecule has 0 saturated carbocycles. The SMILES string of the molecule is CC(C)(C)[Si](C)(C)OCc1cc([N+](=O)[O-])c(-c2ccc(O[Si](C)(C)C(C)(C)C)cc2)c([N+](=O)[O-])c1. The molecule has 0 spiro atoms. The normalized spacial score (nSPS) is 13.0. The molecule has 8 nitrogen and oxygen atoms in total. The molecule has 2 aromatic carbocycles. The Morgan fingerprint density at radius 3 is 1.57 bits per heavy atom. The highest BCUT2D eigenvalue weighted by molar-refractivity contribution is 6.75. The van der Waals surface area contributed by atoms with Crippen LogP contribution in [0.1, 0.15) is 47.1 Å². The lowest BCUT2D eigenvalue weighted by molar-refractivity contribution is -0.392. The molecule has 2 aromatic rings. The Kier molecular flexibility index (Phi) is 8.05. The van der Waals surface area contributed by atoms with E-state index in [-0.39, 0.29) is 33.6 Å². The molecule has 0 amide bonds. The van der Waals surface area contributed by atoms with Crippen LogP contribution < -0.4 is 4.43 Å². The minimum Gasteiger partial charge on any atom is -0.544 e. The summed E-state index contributed by atoms with van der Waals surface area (Å²) in [5.41, 5.74) is 0.157. The number of benzene rings is 2. The molecule has 0 fully saturated rings. The smallest absolute Gasteiger partial charge is 0.284 e. The fourth-order valence-corrected chi connectivity index (χ4v) is 4.95.